The molecule has 0 spiro atoms. The lowest BCUT2D eigenvalue weighted by Crippen LogP contribution is -2.10. The summed E-state index contributed by atoms with van der Waals surface area (Å²) in [5, 5.41) is 24.9. The Hall–Kier alpha value is -1.94. The summed E-state index contributed by atoms with van der Waals surface area (Å²) in [6.45, 7) is 3.94. The quantitative estimate of drug-likeness (QED) is 0.515. The SMILES string of the molecule is CCCC(=O)Nc1nnc(CCCCCc2nnc(NC(=O)CCC)s2)s1. The van der Waals surface area contributed by atoms with Crippen LogP contribution in [-0.2, 0) is 22.4 Å². The van der Waals surface area contributed by atoms with Gasteiger partial charge in [-0.3, -0.25) is 9.59 Å². The average Bonchev–Trinajstić information content (AvgIpc) is 3.24. The maximum atomic E-state index is 11.5. The van der Waals surface area contributed by atoms with Gasteiger partial charge >= 0.3 is 0 Å². The molecule has 0 aliphatic carbocycles. The van der Waals surface area contributed by atoms with Crippen molar-refractivity contribution in [3.8, 4) is 0 Å². The van der Waals surface area contributed by atoms with Gasteiger partial charge in [-0.1, -0.05) is 42.9 Å². The highest BCUT2D eigenvalue weighted by molar-refractivity contribution is 7.15. The molecule has 0 aliphatic rings. The van der Waals surface area contributed by atoms with Crippen molar-refractivity contribution < 1.29 is 9.59 Å². The van der Waals surface area contributed by atoms with E-state index in [0.29, 0.717) is 23.1 Å². The van der Waals surface area contributed by atoms with Gasteiger partial charge in [-0.15, -0.1) is 20.4 Å². The third kappa shape index (κ3) is 8.08. The number of rotatable bonds is 12. The highest BCUT2D eigenvalue weighted by Crippen LogP contribution is 2.20. The second-order valence-corrected chi connectivity index (χ2v) is 8.28. The van der Waals surface area contributed by atoms with Crippen molar-refractivity contribution in [1.29, 1.82) is 0 Å². The first-order chi connectivity index (χ1) is 13.1. The molecule has 10 heteroatoms. The first-order valence-corrected chi connectivity index (χ1v) is 11.0. The van der Waals surface area contributed by atoms with E-state index in [0.717, 1.165) is 55.0 Å². The standard InChI is InChI=1S/C17H26N6O2S2/c1-3-8-12(24)18-16-22-20-14(26-16)10-6-5-7-11-15-21-23-17(27-15)19-13(25)9-4-2/h3-11H2,1-2H3,(H,18,22,24)(H,19,23,25). The molecule has 0 saturated carbocycles. The van der Waals surface area contributed by atoms with E-state index in [1.54, 1.807) is 0 Å². The van der Waals surface area contributed by atoms with Gasteiger partial charge in [0.15, 0.2) is 0 Å². The summed E-state index contributed by atoms with van der Waals surface area (Å²) >= 11 is 2.88. The van der Waals surface area contributed by atoms with Gasteiger partial charge in [-0.2, -0.15) is 0 Å². The van der Waals surface area contributed by atoms with Crippen molar-refractivity contribution in [2.45, 2.75) is 71.6 Å². The van der Waals surface area contributed by atoms with Crippen molar-refractivity contribution >= 4 is 44.8 Å². The Morgan fingerprint density at radius 2 is 1.19 bits per heavy atom. The zero-order valence-electron chi connectivity index (χ0n) is 15.8. The number of carbonyl (C=O) groups excluding carboxylic acids is 2. The number of amides is 2. The molecular weight excluding hydrogens is 384 g/mol. The topological polar surface area (TPSA) is 110 Å². The summed E-state index contributed by atoms with van der Waals surface area (Å²) in [5.41, 5.74) is 0. The number of carbonyl (C=O) groups is 2. The van der Waals surface area contributed by atoms with Gasteiger partial charge in [0.2, 0.25) is 22.1 Å². The largest absolute Gasteiger partial charge is 0.301 e. The first kappa shape index (κ1) is 21.4. The zero-order valence-corrected chi connectivity index (χ0v) is 17.4. The lowest BCUT2D eigenvalue weighted by Gasteiger charge is -1.98. The van der Waals surface area contributed by atoms with Crippen LogP contribution in [0.15, 0.2) is 0 Å². The maximum Gasteiger partial charge on any atom is 0.226 e. The van der Waals surface area contributed by atoms with E-state index >= 15 is 0 Å². The molecule has 2 amide bonds. The van der Waals surface area contributed by atoms with Crippen LogP contribution in [0.1, 0.15) is 68.8 Å². The van der Waals surface area contributed by atoms with Crippen molar-refractivity contribution in [3.63, 3.8) is 0 Å². The summed E-state index contributed by atoms with van der Waals surface area (Å²) in [7, 11) is 0. The monoisotopic (exact) mass is 410 g/mol. The Bertz CT molecular complexity index is 670. The molecule has 2 rings (SSSR count). The van der Waals surface area contributed by atoms with E-state index in [1.807, 2.05) is 13.8 Å². The van der Waals surface area contributed by atoms with Crippen LogP contribution in [0.25, 0.3) is 0 Å². The van der Waals surface area contributed by atoms with Gasteiger partial charge in [0.05, 0.1) is 0 Å². The molecule has 0 fully saturated rings. The third-order valence-electron chi connectivity index (χ3n) is 3.66. The Morgan fingerprint density at radius 1 is 0.741 bits per heavy atom. The number of anilines is 2. The van der Waals surface area contributed by atoms with Crippen molar-refractivity contribution in [1.82, 2.24) is 20.4 Å². The van der Waals surface area contributed by atoms with E-state index in [9.17, 15) is 9.59 Å². The molecule has 8 nitrogen and oxygen atoms in total. The fourth-order valence-electron chi connectivity index (χ4n) is 2.36. The lowest BCUT2D eigenvalue weighted by atomic mass is 10.1. The number of unbranched alkanes of at least 4 members (excludes halogenated alkanes) is 2. The van der Waals surface area contributed by atoms with E-state index in [2.05, 4.69) is 31.0 Å². The van der Waals surface area contributed by atoms with Crippen molar-refractivity contribution in [3.05, 3.63) is 10.0 Å². The van der Waals surface area contributed by atoms with Crippen molar-refractivity contribution in [2.24, 2.45) is 0 Å². The number of hydrogen-bond acceptors (Lipinski definition) is 8. The fourth-order valence-corrected chi connectivity index (χ4v) is 3.95. The van der Waals surface area contributed by atoms with Gasteiger partial charge in [-0.05, 0) is 25.7 Å². The Morgan fingerprint density at radius 3 is 1.59 bits per heavy atom. The number of hydrogen-bond donors (Lipinski definition) is 2. The Balaban J connectivity index is 1.62. The Labute approximate surface area is 167 Å². The third-order valence-corrected chi connectivity index (χ3v) is 5.46. The molecule has 0 saturated heterocycles. The van der Waals surface area contributed by atoms with Crippen LogP contribution in [0.5, 0.6) is 0 Å². The molecule has 0 bridgehead atoms. The molecule has 2 aromatic rings. The average molecular weight is 411 g/mol. The number of aryl methyl sites for hydroxylation is 2. The number of nitrogens with zero attached hydrogens (tertiary/aromatic N) is 4. The second kappa shape index (κ2) is 11.7. The maximum absolute atomic E-state index is 11.5. The molecular formula is C17H26N6O2S2. The van der Waals surface area contributed by atoms with Crippen LogP contribution in [0.3, 0.4) is 0 Å². The van der Waals surface area contributed by atoms with Gasteiger partial charge in [-0.25, -0.2) is 0 Å². The van der Waals surface area contributed by atoms with Crippen molar-refractivity contribution in [2.75, 3.05) is 10.6 Å². The van der Waals surface area contributed by atoms with Crippen LogP contribution in [0.2, 0.25) is 0 Å². The predicted molar refractivity (Wildman–Crippen MR) is 108 cm³/mol. The van der Waals surface area contributed by atoms with Crippen LogP contribution < -0.4 is 10.6 Å². The smallest absolute Gasteiger partial charge is 0.226 e. The molecule has 2 aromatic heterocycles. The first-order valence-electron chi connectivity index (χ1n) is 9.35. The minimum atomic E-state index is -0.0116. The normalized spacial score (nSPS) is 10.7. The molecule has 0 aromatic carbocycles. The van der Waals surface area contributed by atoms with Crippen LogP contribution in [-0.4, -0.2) is 32.2 Å². The van der Waals surface area contributed by atoms with Gasteiger partial charge in [0.25, 0.3) is 0 Å². The highest BCUT2D eigenvalue weighted by Gasteiger charge is 2.09. The molecule has 148 valence electrons. The van der Waals surface area contributed by atoms with Gasteiger partial charge < -0.3 is 10.6 Å². The van der Waals surface area contributed by atoms with E-state index < -0.39 is 0 Å². The summed E-state index contributed by atoms with van der Waals surface area (Å²) in [6, 6.07) is 0. The molecule has 0 unspecified atom stereocenters. The fraction of sp³-hybridized carbons (Fsp3) is 0.647. The molecule has 0 radical (unpaired) electrons. The second-order valence-electron chi connectivity index (χ2n) is 6.16. The minimum absolute atomic E-state index is 0.0116. The Kier molecular flexibility index (Phi) is 9.26. The lowest BCUT2D eigenvalue weighted by molar-refractivity contribution is -0.117. The summed E-state index contributed by atoms with van der Waals surface area (Å²) < 4.78 is 0. The molecule has 2 heterocycles. The van der Waals surface area contributed by atoms with Crippen LogP contribution >= 0.6 is 22.7 Å². The number of aromatic nitrogens is 4. The summed E-state index contributed by atoms with van der Waals surface area (Å²) in [6.07, 6.45) is 7.43. The van der Waals surface area contributed by atoms with E-state index in [1.165, 1.54) is 22.7 Å². The predicted octanol–water partition coefficient (Wildman–Crippen LogP) is 3.82. The van der Waals surface area contributed by atoms with Gasteiger partial charge in [0, 0.05) is 25.7 Å². The van der Waals surface area contributed by atoms with Gasteiger partial charge in [0.1, 0.15) is 10.0 Å². The summed E-state index contributed by atoms with van der Waals surface area (Å²) in [5.74, 6) is -0.0231. The summed E-state index contributed by atoms with van der Waals surface area (Å²) in [4.78, 5) is 23.1. The molecule has 0 atom stereocenters. The van der Waals surface area contributed by atoms with E-state index in [-0.39, 0.29) is 11.8 Å². The van der Waals surface area contributed by atoms with Crippen LogP contribution in [0, 0.1) is 0 Å². The molecule has 2 N–H and O–H groups in total. The zero-order chi connectivity index (χ0) is 19.5. The molecule has 0 aliphatic heterocycles. The number of nitrogens with one attached hydrogen (secondary N) is 2. The van der Waals surface area contributed by atoms with Crippen LogP contribution in [0.4, 0.5) is 10.3 Å². The molecule has 27 heavy (non-hydrogen) atoms. The van der Waals surface area contributed by atoms with E-state index in [4.69, 9.17) is 0 Å². The highest BCUT2D eigenvalue weighted by atomic mass is 32.1. The minimum Gasteiger partial charge on any atom is -0.301 e.